The first-order valence-corrected chi connectivity index (χ1v) is 9.27. The van der Waals surface area contributed by atoms with Crippen LogP contribution in [0.5, 0.6) is 0 Å². The van der Waals surface area contributed by atoms with E-state index in [1.807, 2.05) is 0 Å². The Bertz CT molecular complexity index is 945. The molecule has 174 valence electrons. The SMILES string of the molecule is CCOC(=O)C(C)NC(=O)NC(c1ccc(C(F)(F)F)cc1)c1ncccc1C(F)(F)F. The van der Waals surface area contributed by atoms with E-state index in [1.165, 1.54) is 6.92 Å². The molecule has 2 aromatic rings. The van der Waals surface area contributed by atoms with Crippen LogP contribution in [0.1, 0.15) is 42.3 Å². The molecule has 6 nitrogen and oxygen atoms in total. The van der Waals surface area contributed by atoms with Gasteiger partial charge in [0, 0.05) is 6.20 Å². The Morgan fingerprint density at radius 2 is 1.62 bits per heavy atom. The van der Waals surface area contributed by atoms with Gasteiger partial charge in [-0.3, -0.25) is 4.98 Å². The van der Waals surface area contributed by atoms with Gasteiger partial charge in [-0.25, -0.2) is 9.59 Å². The van der Waals surface area contributed by atoms with E-state index < -0.39 is 53.3 Å². The molecule has 2 unspecified atom stereocenters. The zero-order valence-electron chi connectivity index (χ0n) is 16.8. The summed E-state index contributed by atoms with van der Waals surface area (Å²) in [6.07, 6.45) is -8.44. The lowest BCUT2D eigenvalue weighted by atomic mass is 9.98. The molecule has 2 amide bonds. The van der Waals surface area contributed by atoms with E-state index in [-0.39, 0.29) is 12.2 Å². The largest absolute Gasteiger partial charge is 0.464 e. The number of ether oxygens (including phenoxy) is 1. The number of rotatable bonds is 6. The third-order valence-electron chi connectivity index (χ3n) is 4.25. The number of benzene rings is 1. The highest BCUT2D eigenvalue weighted by Crippen LogP contribution is 2.36. The summed E-state index contributed by atoms with van der Waals surface area (Å²) in [5.41, 5.74) is -2.90. The Kier molecular flexibility index (Phi) is 7.70. The minimum atomic E-state index is -4.84. The first kappa shape index (κ1) is 25.0. The fraction of sp³-hybridized carbons (Fsp3) is 0.350. The number of pyridine rings is 1. The first-order valence-electron chi connectivity index (χ1n) is 9.27. The molecule has 2 atom stereocenters. The molecule has 0 spiro atoms. The van der Waals surface area contributed by atoms with Crippen molar-refractivity contribution in [3.05, 3.63) is 65.0 Å². The van der Waals surface area contributed by atoms with Crippen LogP contribution in [0.25, 0.3) is 0 Å². The van der Waals surface area contributed by atoms with Crippen molar-refractivity contribution in [1.82, 2.24) is 15.6 Å². The van der Waals surface area contributed by atoms with Crippen molar-refractivity contribution in [2.24, 2.45) is 0 Å². The fourth-order valence-electron chi connectivity index (χ4n) is 2.76. The molecular formula is C20H19F6N3O3. The number of esters is 1. The number of nitrogens with one attached hydrogen (secondary N) is 2. The van der Waals surface area contributed by atoms with Crippen LogP contribution in [0.4, 0.5) is 31.1 Å². The van der Waals surface area contributed by atoms with Crippen LogP contribution >= 0.6 is 0 Å². The van der Waals surface area contributed by atoms with Gasteiger partial charge in [0.25, 0.3) is 0 Å². The number of halogens is 6. The second-order valence-corrected chi connectivity index (χ2v) is 6.58. The number of carbonyl (C=O) groups is 2. The van der Waals surface area contributed by atoms with E-state index in [0.29, 0.717) is 12.1 Å². The number of carbonyl (C=O) groups excluding carboxylic acids is 2. The van der Waals surface area contributed by atoms with Crippen LogP contribution in [-0.2, 0) is 21.9 Å². The maximum absolute atomic E-state index is 13.5. The van der Waals surface area contributed by atoms with Gasteiger partial charge >= 0.3 is 24.4 Å². The van der Waals surface area contributed by atoms with Crippen LogP contribution in [0, 0.1) is 0 Å². The maximum Gasteiger partial charge on any atom is 0.418 e. The first-order chi connectivity index (χ1) is 14.8. The smallest absolute Gasteiger partial charge is 0.418 e. The van der Waals surface area contributed by atoms with Crippen molar-refractivity contribution in [2.45, 2.75) is 38.3 Å². The van der Waals surface area contributed by atoms with Crippen molar-refractivity contribution in [2.75, 3.05) is 6.61 Å². The van der Waals surface area contributed by atoms with Crippen molar-refractivity contribution in [3.63, 3.8) is 0 Å². The molecule has 0 radical (unpaired) electrons. The number of nitrogens with zero attached hydrogens (tertiary/aromatic N) is 1. The van der Waals surface area contributed by atoms with Gasteiger partial charge in [-0.05, 0) is 43.7 Å². The Labute approximate surface area is 179 Å². The molecule has 1 aromatic carbocycles. The molecular weight excluding hydrogens is 444 g/mol. The van der Waals surface area contributed by atoms with E-state index in [9.17, 15) is 35.9 Å². The minimum absolute atomic E-state index is 0.0452. The normalized spacial score (nSPS) is 13.8. The number of urea groups is 1. The number of aromatic nitrogens is 1. The summed E-state index contributed by atoms with van der Waals surface area (Å²) in [5.74, 6) is -0.775. The molecule has 0 aliphatic heterocycles. The van der Waals surface area contributed by atoms with Gasteiger partial charge in [-0.15, -0.1) is 0 Å². The van der Waals surface area contributed by atoms with Gasteiger partial charge in [0.15, 0.2) is 0 Å². The van der Waals surface area contributed by atoms with Gasteiger partial charge < -0.3 is 15.4 Å². The third kappa shape index (κ3) is 6.34. The van der Waals surface area contributed by atoms with E-state index >= 15 is 0 Å². The number of amides is 2. The Morgan fingerprint density at radius 1 is 1.00 bits per heavy atom. The van der Waals surface area contributed by atoms with E-state index in [1.54, 1.807) is 6.92 Å². The zero-order chi connectivity index (χ0) is 24.1. The highest BCUT2D eigenvalue weighted by Gasteiger charge is 2.37. The van der Waals surface area contributed by atoms with Crippen molar-refractivity contribution < 1.29 is 40.7 Å². The molecule has 0 saturated heterocycles. The summed E-state index contributed by atoms with van der Waals surface area (Å²) in [4.78, 5) is 27.8. The molecule has 0 fully saturated rings. The standard InChI is InChI=1S/C20H19F6N3O3/c1-3-32-17(30)11(2)28-18(31)29-15(12-6-8-13(9-7-12)19(21,22)23)16-14(20(24,25)26)5-4-10-27-16/h4-11,15H,3H2,1-2H3,(H2,28,29,31). The van der Waals surface area contributed by atoms with Gasteiger partial charge in [0.1, 0.15) is 6.04 Å². The quantitative estimate of drug-likeness (QED) is 0.490. The highest BCUT2D eigenvalue weighted by atomic mass is 19.4. The molecule has 0 aliphatic carbocycles. The lowest BCUT2D eigenvalue weighted by molar-refractivity contribution is -0.145. The van der Waals surface area contributed by atoms with Gasteiger partial charge in [-0.2, -0.15) is 26.3 Å². The van der Waals surface area contributed by atoms with E-state index in [4.69, 9.17) is 4.74 Å². The summed E-state index contributed by atoms with van der Waals surface area (Å²) in [7, 11) is 0. The second-order valence-electron chi connectivity index (χ2n) is 6.58. The average molecular weight is 463 g/mol. The number of hydrogen-bond acceptors (Lipinski definition) is 4. The van der Waals surface area contributed by atoms with Crippen LogP contribution in [0.3, 0.4) is 0 Å². The molecule has 12 heteroatoms. The van der Waals surface area contributed by atoms with Gasteiger partial charge in [0.05, 0.1) is 29.5 Å². The van der Waals surface area contributed by atoms with Crippen molar-refractivity contribution >= 4 is 12.0 Å². The highest BCUT2D eigenvalue weighted by molar-refractivity contribution is 5.83. The van der Waals surface area contributed by atoms with Crippen LogP contribution in [0.15, 0.2) is 42.6 Å². The number of alkyl halides is 6. The predicted octanol–water partition coefficient (Wildman–Crippen LogP) is 4.46. The summed E-state index contributed by atoms with van der Waals surface area (Å²) in [6, 6.07) is 1.28. The Balaban J connectivity index is 2.43. The molecule has 1 heterocycles. The summed E-state index contributed by atoms with van der Waals surface area (Å²) >= 11 is 0. The van der Waals surface area contributed by atoms with Crippen molar-refractivity contribution in [1.29, 1.82) is 0 Å². The maximum atomic E-state index is 13.5. The second kappa shape index (κ2) is 9.88. The van der Waals surface area contributed by atoms with E-state index in [0.717, 1.165) is 30.5 Å². The Morgan fingerprint density at radius 3 is 2.16 bits per heavy atom. The topological polar surface area (TPSA) is 80.3 Å². The summed E-state index contributed by atoms with van der Waals surface area (Å²) in [6.45, 7) is 2.89. The van der Waals surface area contributed by atoms with Gasteiger partial charge in [-0.1, -0.05) is 12.1 Å². The lowest BCUT2D eigenvalue weighted by Gasteiger charge is -2.23. The zero-order valence-corrected chi connectivity index (χ0v) is 16.8. The third-order valence-corrected chi connectivity index (χ3v) is 4.25. The van der Waals surface area contributed by atoms with Crippen molar-refractivity contribution in [3.8, 4) is 0 Å². The predicted molar refractivity (Wildman–Crippen MR) is 100 cm³/mol. The molecule has 0 bridgehead atoms. The molecule has 2 rings (SSSR count). The fourth-order valence-corrected chi connectivity index (χ4v) is 2.76. The molecule has 1 aromatic heterocycles. The minimum Gasteiger partial charge on any atom is -0.464 e. The summed E-state index contributed by atoms with van der Waals surface area (Å²) < 4.78 is 83.9. The van der Waals surface area contributed by atoms with E-state index in [2.05, 4.69) is 15.6 Å². The molecule has 0 aliphatic rings. The van der Waals surface area contributed by atoms with Crippen LogP contribution < -0.4 is 10.6 Å². The number of hydrogen-bond donors (Lipinski definition) is 2. The monoisotopic (exact) mass is 463 g/mol. The average Bonchev–Trinajstić information content (AvgIpc) is 2.71. The molecule has 2 N–H and O–H groups in total. The van der Waals surface area contributed by atoms with Crippen LogP contribution in [0.2, 0.25) is 0 Å². The summed E-state index contributed by atoms with van der Waals surface area (Å²) in [5, 5.41) is 4.46. The Hall–Kier alpha value is -3.31. The van der Waals surface area contributed by atoms with Gasteiger partial charge in [0.2, 0.25) is 0 Å². The van der Waals surface area contributed by atoms with Crippen LogP contribution in [-0.4, -0.2) is 29.6 Å². The molecule has 32 heavy (non-hydrogen) atoms. The molecule has 0 saturated carbocycles. The lowest BCUT2D eigenvalue weighted by Crippen LogP contribution is -2.46.